The molecule has 0 bridgehead atoms. The number of hydrogen-bond acceptors (Lipinski definition) is 6. The quantitative estimate of drug-likeness (QED) is 0.649. The highest BCUT2D eigenvalue weighted by Gasteiger charge is 2.16. The summed E-state index contributed by atoms with van der Waals surface area (Å²) in [6, 6.07) is 14.1. The van der Waals surface area contributed by atoms with Gasteiger partial charge in [0.2, 0.25) is 0 Å². The lowest BCUT2D eigenvalue weighted by Gasteiger charge is -2.31. The molecule has 1 fully saturated rings. The fourth-order valence-electron chi connectivity index (χ4n) is 3.23. The summed E-state index contributed by atoms with van der Waals surface area (Å²) >= 11 is 0. The molecular weight excluding hydrogens is 344 g/mol. The molecule has 1 atom stereocenters. The number of rotatable bonds is 11. The van der Waals surface area contributed by atoms with E-state index in [-0.39, 0.29) is 0 Å². The van der Waals surface area contributed by atoms with Gasteiger partial charge in [0.25, 0.3) is 0 Å². The predicted molar refractivity (Wildman–Crippen MR) is 103 cm³/mol. The van der Waals surface area contributed by atoms with Gasteiger partial charge in [0, 0.05) is 39.3 Å². The molecule has 0 radical (unpaired) electrons. The highest BCUT2D eigenvalue weighted by molar-refractivity contribution is 5.14. The summed E-state index contributed by atoms with van der Waals surface area (Å²) in [5.41, 5.74) is 1.25. The number of furan rings is 1. The lowest BCUT2D eigenvalue weighted by molar-refractivity contribution is -0.00152. The van der Waals surface area contributed by atoms with Crippen LogP contribution in [0.25, 0.3) is 0 Å². The molecule has 0 aliphatic carbocycles. The van der Waals surface area contributed by atoms with Crippen LogP contribution < -0.4 is 0 Å². The lowest BCUT2D eigenvalue weighted by atomic mass is 10.2. The van der Waals surface area contributed by atoms with Crippen LogP contribution >= 0.6 is 0 Å². The van der Waals surface area contributed by atoms with E-state index in [1.54, 1.807) is 6.26 Å². The van der Waals surface area contributed by atoms with Gasteiger partial charge in [-0.05, 0) is 17.7 Å². The van der Waals surface area contributed by atoms with Crippen molar-refractivity contribution in [2.75, 3.05) is 52.5 Å². The van der Waals surface area contributed by atoms with Gasteiger partial charge < -0.3 is 19.0 Å². The Balaban J connectivity index is 1.46. The van der Waals surface area contributed by atoms with E-state index >= 15 is 0 Å². The van der Waals surface area contributed by atoms with Crippen molar-refractivity contribution in [2.24, 2.45) is 0 Å². The Labute approximate surface area is 161 Å². The second-order valence-corrected chi connectivity index (χ2v) is 6.92. The molecule has 0 saturated carbocycles. The molecule has 6 heteroatoms. The number of nitrogens with zero attached hydrogens (tertiary/aromatic N) is 2. The second kappa shape index (κ2) is 11.2. The Morgan fingerprint density at radius 1 is 1.11 bits per heavy atom. The summed E-state index contributed by atoms with van der Waals surface area (Å²) in [5, 5.41) is 10.4. The number of ether oxygens (including phenoxy) is 2. The summed E-state index contributed by atoms with van der Waals surface area (Å²) in [4.78, 5) is 4.72. The molecule has 0 spiro atoms. The first-order valence-electron chi connectivity index (χ1n) is 9.64. The molecule has 6 nitrogen and oxygen atoms in total. The topological polar surface area (TPSA) is 58.3 Å². The van der Waals surface area contributed by atoms with E-state index in [9.17, 15) is 5.11 Å². The van der Waals surface area contributed by atoms with Gasteiger partial charge >= 0.3 is 0 Å². The van der Waals surface area contributed by atoms with Gasteiger partial charge in [0.1, 0.15) is 12.4 Å². The first kappa shape index (κ1) is 20.0. The molecule has 148 valence electrons. The first-order chi connectivity index (χ1) is 13.3. The molecule has 1 aromatic heterocycles. The molecule has 2 heterocycles. The van der Waals surface area contributed by atoms with E-state index in [1.165, 1.54) is 5.56 Å². The Bertz CT molecular complexity index is 614. The van der Waals surface area contributed by atoms with Gasteiger partial charge in [-0.25, -0.2) is 0 Å². The predicted octanol–water partition coefficient (Wildman–Crippen LogP) is 1.99. The number of benzene rings is 1. The highest BCUT2D eigenvalue weighted by atomic mass is 16.5. The summed E-state index contributed by atoms with van der Waals surface area (Å²) < 4.78 is 16.3. The fraction of sp³-hybridized carbons (Fsp3) is 0.524. The van der Waals surface area contributed by atoms with E-state index in [2.05, 4.69) is 34.1 Å². The van der Waals surface area contributed by atoms with Crippen molar-refractivity contribution in [3.05, 3.63) is 60.1 Å². The number of aliphatic hydroxyl groups is 1. The molecule has 27 heavy (non-hydrogen) atoms. The number of aliphatic hydroxyl groups excluding tert-OH is 1. The Morgan fingerprint density at radius 3 is 2.67 bits per heavy atom. The first-order valence-corrected chi connectivity index (χ1v) is 9.64. The molecule has 0 amide bonds. The molecular formula is C21H30N2O4. The van der Waals surface area contributed by atoms with Crippen LogP contribution in [0.15, 0.2) is 53.1 Å². The van der Waals surface area contributed by atoms with Crippen molar-refractivity contribution in [3.8, 4) is 0 Å². The number of morpholine rings is 1. The summed E-state index contributed by atoms with van der Waals surface area (Å²) in [6.07, 6.45) is 1.09. The zero-order valence-electron chi connectivity index (χ0n) is 15.8. The molecule has 2 aromatic rings. The molecule has 1 aliphatic rings. The largest absolute Gasteiger partial charge is 0.467 e. The molecule has 1 aliphatic heterocycles. The third kappa shape index (κ3) is 7.44. The standard InChI is InChI=1S/C21H30N2O4/c24-20(17-26-18-21-7-4-12-27-21)16-23(15-19-5-2-1-3-6-19)9-8-22-10-13-25-14-11-22/h1-7,12,20,24H,8-11,13-18H2/t20-/m0/s1. The molecule has 1 saturated heterocycles. The zero-order valence-corrected chi connectivity index (χ0v) is 15.8. The van der Waals surface area contributed by atoms with Gasteiger partial charge in [-0.1, -0.05) is 30.3 Å². The van der Waals surface area contributed by atoms with Crippen LogP contribution in [0.2, 0.25) is 0 Å². The van der Waals surface area contributed by atoms with Crippen LogP contribution in [0.4, 0.5) is 0 Å². The summed E-state index contributed by atoms with van der Waals surface area (Å²) in [5.74, 6) is 0.774. The van der Waals surface area contributed by atoms with E-state index in [1.807, 2.05) is 18.2 Å². The zero-order chi connectivity index (χ0) is 18.7. The highest BCUT2D eigenvalue weighted by Crippen LogP contribution is 2.08. The second-order valence-electron chi connectivity index (χ2n) is 6.92. The van der Waals surface area contributed by atoms with Crippen LogP contribution in [0, 0.1) is 0 Å². The van der Waals surface area contributed by atoms with Gasteiger partial charge in [0.05, 0.1) is 32.2 Å². The van der Waals surface area contributed by atoms with Crippen LogP contribution in [0.3, 0.4) is 0 Å². The molecule has 1 aromatic carbocycles. The van der Waals surface area contributed by atoms with Crippen molar-refractivity contribution < 1.29 is 19.0 Å². The average Bonchev–Trinajstić information content (AvgIpc) is 3.21. The third-order valence-electron chi connectivity index (χ3n) is 4.69. The summed E-state index contributed by atoms with van der Waals surface area (Å²) in [7, 11) is 0. The minimum Gasteiger partial charge on any atom is -0.467 e. The van der Waals surface area contributed by atoms with Crippen molar-refractivity contribution >= 4 is 0 Å². The minimum absolute atomic E-state index is 0.295. The molecule has 3 rings (SSSR count). The monoisotopic (exact) mass is 374 g/mol. The van der Waals surface area contributed by atoms with Gasteiger partial charge in [-0.2, -0.15) is 0 Å². The maximum absolute atomic E-state index is 10.4. The maximum Gasteiger partial charge on any atom is 0.129 e. The Hall–Kier alpha value is -1.70. The van der Waals surface area contributed by atoms with Crippen LogP contribution in [0.5, 0.6) is 0 Å². The van der Waals surface area contributed by atoms with Crippen molar-refractivity contribution in [1.29, 1.82) is 0 Å². The fourth-order valence-corrected chi connectivity index (χ4v) is 3.23. The average molecular weight is 374 g/mol. The smallest absolute Gasteiger partial charge is 0.129 e. The SMILES string of the molecule is O[C@H](COCc1ccco1)CN(CCN1CCOCC1)Cc1ccccc1. The van der Waals surface area contributed by atoms with Gasteiger partial charge in [0.15, 0.2) is 0 Å². The van der Waals surface area contributed by atoms with Gasteiger partial charge in [-0.3, -0.25) is 9.80 Å². The van der Waals surface area contributed by atoms with Crippen LogP contribution in [0.1, 0.15) is 11.3 Å². The van der Waals surface area contributed by atoms with E-state index in [0.717, 1.165) is 51.7 Å². The lowest BCUT2D eigenvalue weighted by Crippen LogP contribution is -2.43. The molecule has 1 N–H and O–H groups in total. The van der Waals surface area contributed by atoms with E-state index in [4.69, 9.17) is 13.9 Å². The Kier molecular flexibility index (Phi) is 8.32. The van der Waals surface area contributed by atoms with Crippen LogP contribution in [-0.2, 0) is 22.6 Å². The maximum atomic E-state index is 10.4. The van der Waals surface area contributed by atoms with Crippen molar-refractivity contribution in [2.45, 2.75) is 19.3 Å². The van der Waals surface area contributed by atoms with Crippen molar-refractivity contribution in [3.63, 3.8) is 0 Å². The minimum atomic E-state index is -0.534. The Morgan fingerprint density at radius 2 is 1.93 bits per heavy atom. The van der Waals surface area contributed by atoms with Gasteiger partial charge in [-0.15, -0.1) is 0 Å². The summed E-state index contributed by atoms with van der Waals surface area (Å²) in [6.45, 7) is 7.55. The third-order valence-corrected chi connectivity index (χ3v) is 4.69. The number of hydrogen-bond donors (Lipinski definition) is 1. The van der Waals surface area contributed by atoms with E-state index in [0.29, 0.717) is 19.8 Å². The van der Waals surface area contributed by atoms with Crippen molar-refractivity contribution in [1.82, 2.24) is 9.80 Å². The van der Waals surface area contributed by atoms with Crippen LogP contribution in [-0.4, -0.2) is 73.6 Å². The normalized spacial score (nSPS) is 16.7. The van der Waals surface area contributed by atoms with E-state index < -0.39 is 6.10 Å². The molecule has 0 unspecified atom stereocenters.